The number of halogens is 1. The van der Waals surface area contributed by atoms with E-state index in [-0.39, 0.29) is 0 Å². The first-order valence-corrected chi connectivity index (χ1v) is 5.83. The molecule has 3 nitrogen and oxygen atoms in total. The van der Waals surface area contributed by atoms with Crippen LogP contribution in [0.25, 0.3) is 10.9 Å². The summed E-state index contributed by atoms with van der Waals surface area (Å²) in [4.78, 5) is 7.32. The van der Waals surface area contributed by atoms with Crippen LogP contribution in [0.2, 0.25) is 0 Å². The fourth-order valence-corrected chi connectivity index (χ4v) is 2.22. The zero-order valence-corrected chi connectivity index (χ0v) is 10.1. The lowest BCUT2D eigenvalue weighted by molar-refractivity contribution is 0.802. The van der Waals surface area contributed by atoms with Crippen LogP contribution < -0.4 is 0 Å². The Balaban J connectivity index is 2.07. The molecule has 0 bridgehead atoms. The van der Waals surface area contributed by atoms with Gasteiger partial charge in [-0.05, 0) is 23.8 Å². The highest BCUT2D eigenvalue weighted by molar-refractivity contribution is 9.10. The van der Waals surface area contributed by atoms with Crippen molar-refractivity contribution < 1.29 is 0 Å². The Morgan fingerprint density at radius 2 is 2.31 bits per heavy atom. The fraction of sp³-hybridized carbons (Fsp3) is 0.0833. The number of H-pyrrole nitrogens is 1. The lowest BCUT2D eigenvalue weighted by atomic mass is 10.2. The Labute approximate surface area is 101 Å². The van der Waals surface area contributed by atoms with E-state index in [9.17, 15) is 0 Å². The molecule has 1 N–H and O–H groups in total. The number of hydrogen-bond donors (Lipinski definition) is 1. The Kier molecular flexibility index (Phi) is 2.29. The standard InChI is InChI=1S/C12H10BrN3/c13-10-1-2-12-11(5-10)9(6-15-12)7-16-4-3-14-8-16/h1-6,8,15H,7H2. The van der Waals surface area contributed by atoms with E-state index in [1.165, 1.54) is 16.5 Å². The van der Waals surface area contributed by atoms with E-state index in [0.29, 0.717) is 0 Å². The minimum atomic E-state index is 0.844. The molecule has 2 heterocycles. The van der Waals surface area contributed by atoms with Crippen molar-refractivity contribution in [3.63, 3.8) is 0 Å². The van der Waals surface area contributed by atoms with Crippen LogP contribution in [0, 0.1) is 0 Å². The van der Waals surface area contributed by atoms with E-state index in [4.69, 9.17) is 0 Å². The minimum absolute atomic E-state index is 0.844. The predicted molar refractivity (Wildman–Crippen MR) is 67.3 cm³/mol. The third-order valence-electron chi connectivity index (χ3n) is 2.64. The van der Waals surface area contributed by atoms with Gasteiger partial charge in [0.25, 0.3) is 0 Å². The highest BCUT2D eigenvalue weighted by atomic mass is 79.9. The topological polar surface area (TPSA) is 33.6 Å². The maximum Gasteiger partial charge on any atom is 0.0949 e. The number of nitrogens with one attached hydrogen (secondary N) is 1. The van der Waals surface area contributed by atoms with E-state index in [2.05, 4.69) is 48.8 Å². The van der Waals surface area contributed by atoms with E-state index < -0.39 is 0 Å². The Bertz CT molecular complexity index is 610. The SMILES string of the molecule is Brc1ccc2[nH]cc(Cn3ccnc3)c2c1. The van der Waals surface area contributed by atoms with E-state index in [0.717, 1.165) is 11.0 Å². The number of benzene rings is 1. The summed E-state index contributed by atoms with van der Waals surface area (Å²) < 4.78 is 3.16. The summed E-state index contributed by atoms with van der Waals surface area (Å²) >= 11 is 3.50. The summed E-state index contributed by atoms with van der Waals surface area (Å²) in [5, 5.41) is 1.25. The third kappa shape index (κ3) is 1.65. The summed E-state index contributed by atoms with van der Waals surface area (Å²) in [6.45, 7) is 0.844. The molecular formula is C12H10BrN3. The normalized spacial score (nSPS) is 11.1. The lowest BCUT2D eigenvalue weighted by Gasteiger charge is -2.00. The van der Waals surface area contributed by atoms with Crippen molar-refractivity contribution >= 4 is 26.8 Å². The Morgan fingerprint density at radius 3 is 3.12 bits per heavy atom. The van der Waals surface area contributed by atoms with Crippen molar-refractivity contribution in [2.24, 2.45) is 0 Å². The first kappa shape index (κ1) is 9.66. The maximum atomic E-state index is 4.04. The van der Waals surface area contributed by atoms with Gasteiger partial charge in [-0.25, -0.2) is 4.98 Å². The van der Waals surface area contributed by atoms with E-state index in [1.54, 1.807) is 6.20 Å². The van der Waals surface area contributed by atoms with Crippen LogP contribution >= 0.6 is 15.9 Å². The van der Waals surface area contributed by atoms with Gasteiger partial charge in [-0.15, -0.1) is 0 Å². The number of hydrogen-bond acceptors (Lipinski definition) is 1. The van der Waals surface area contributed by atoms with E-state index >= 15 is 0 Å². The van der Waals surface area contributed by atoms with Crippen LogP contribution in [0.5, 0.6) is 0 Å². The van der Waals surface area contributed by atoms with Crippen molar-refractivity contribution in [2.45, 2.75) is 6.54 Å². The molecule has 4 heteroatoms. The molecule has 2 aromatic heterocycles. The molecular weight excluding hydrogens is 266 g/mol. The average molecular weight is 276 g/mol. The van der Waals surface area contributed by atoms with Gasteiger partial charge in [0.15, 0.2) is 0 Å². The second-order valence-corrected chi connectivity index (χ2v) is 4.65. The molecule has 0 saturated heterocycles. The second-order valence-electron chi connectivity index (χ2n) is 3.74. The maximum absolute atomic E-state index is 4.04. The zero-order valence-electron chi connectivity index (χ0n) is 8.52. The number of imidazole rings is 1. The predicted octanol–water partition coefficient (Wildman–Crippen LogP) is 3.18. The molecule has 0 unspecified atom stereocenters. The summed E-state index contributed by atoms with van der Waals surface area (Å²) in [5.41, 5.74) is 2.44. The highest BCUT2D eigenvalue weighted by Crippen LogP contribution is 2.23. The molecule has 3 aromatic rings. The monoisotopic (exact) mass is 275 g/mol. The van der Waals surface area contributed by atoms with Crippen molar-refractivity contribution in [1.82, 2.24) is 14.5 Å². The minimum Gasteiger partial charge on any atom is -0.361 e. The van der Waals surface area contributed by atoms with Crippen LogP contribution in [0.4, 0.5) is 0 Å². The smallest absolute Gasteiger partial charge is 0.0949 e. The molecule has 80 valence electrons. The molecule has 0 aliphatic heterocycles. The molecule has 1 aromatic carbocycles. The van der Waals surface area contributed by atoms with E-state index in [1.807, 2.05) is 18.6 Å². The van der Waals surface area contributed by atoms with Gasteiger partial charge in [0.05, 0.1) is 12.9 Å². The van der Waals surface area contributed by atoms with Crippen molar-refractivity contribution in [1.29, 1.82) is 0 Å². The number of aromatic nitrogens is 3. The van der Waals surface area contributed by atoms with Crippen molar-refractivity contribution in [3.05, 3.63) is 53.2 Å². The number of nitrogens with zero attached hydrogens (tertiary/aromatic N) is 2. The highest BCUT2D eigenvalue weighted by Gasteiger charge is 2.04. The van der Waals surface area contributed by atoms with Gasteiger partial charge in [-0.3, -0.25) is 0 Å². The van der Waals surface area contributed by atoms with Crippen LogP contribution in [-0.2, 0) is 6.54 Å². The van der Waals surface area contributed by atoms with Crippen molar-refractivity contribution in [3.8, 4) is 0 Å². The van der Waals surface area contributed by atoms with Gasteiger partial charge >= 0.3 is 0 Å². The third-order valence-corrected chi connectivity index (χ3v) is 3.13. The summed E-state index contributed by atoms with van der Waals surface area (Å²) in [6.07, 6.45) is 7.65. The Hall–Kier alpha value is -1.55. The summed E-state index contributed by atoms with van der Waals surface area (Å²) in [7, 11) is 0. The quantitative estimate of drug-likeness (QED) is 0.766. The van der Waals surface area contributed by atoms with Crippen LogP contribution in [0.15, 0.2) is 47.6 Å². The first-order valence-electron chi connectivity index (χ1n) is 5.04. The molecule has 0 radical (unpaired) electrons. The summed E-state index contributed by atoms with van der Waals surface area (Å²) in [6, 6.07) is 6.26. The molecule has 0 spiro atoms. The van der Waals surface area contributed by atoms with Gasteiger partial charge < -0.3 is 9.55 Å². The Morgan fingerprint density at radius 1 is 1.38 bits per heavy atom. The molecule has 16 heavy (non-hydrogen) atoms. The van der Waals surface area contributed by atoms with Crippen molar-refractivity contribution in [2.75, 3.05) is 0 Å². The van der Waals surface area contributed by atoms with Gasteiger partial charge in [0, 0.05) is 34.0 Å². The van der Waals surface area contributed by atoms with Crippen LogP contribution in [-0.4, -0.2) is 14.5 Å². The molecule has 0 fully saturated rings. The number of fused-ring (bicyclic) bond motifs is 1. The lowest BCUT2D eigenvalue weighted by Crippen LogP contribution is -1.94. The molecule has 0 aliphatic carbocycles. The molecule has 0 atom stereocenters. The average Bonchev–Trinajstić information content (AvgIpc) is 2.90. The van der Waals surface area contributed by atoms with Crippen LogP contribution in [0.1, 0.15) is 5.56 Å². The fourth-order valence-electron chi connectivity index (χ4n) is 1.86. The number of aromatic amines is 1. The van der Waals surface area contributed by atoms with Gasteiger partial charge in [-0.2, -0.15) is 0 Å². The largest absolute Gasteiger partial charge is 0.361 e. The molecule has 0 saturated carbocycles. The zero-order chi connectivity index (χ0) is 11.0. The molecule has 0 aliphatic rings. The van der Waals surface area contributed by atoms with Crippen LogP contribution in [0.3, 0.4) is 0 Å². The molecule has 0 amide bonds. The molecule has 3 rings (SSSR count). The second kappa shape index (κ2) is 3.79. The van der Waals surface area contributed by atoms with Gasteiger partial charge in [-0.1, -0.05) is 15.9 Å². The van der Waals surface area contributed by atoms with Gasteiger partial charge in [0.1, 0.15) is 0 Å². The first-order chi connectivity index (χ1) is 7.83. The van der Waals surface area contributed by atoms with Gasteiger partial charge in [0.2, 0.25) is 0 Å². The number of rotatable bonds is 2. The summed E-state index contributed by atoms with van der Waals surface area (Å²) in [5.74, 6) is 0.